The first kappa shape index (κ1) is 15.9. The van der Waals surface area contributed by atoms with E-state index in [0.29, 0.717) is 25.7 Å². The second kappa shape index (κ2) is 6.84. The molecule has 0 amide bonds. The zero-order chi connectivity index (χ0) is 13.8. The summed E-state index contributed by atoms with van der Waals surface area (Å²) >= 11 is 0. The summed E-state index contributed by atoms with van der Waals surface area (Å²) in [4.78, 5) is 2.19. The van der Waals surface area contributed by atoms with Gasteiger partial charge in [0.25, 0.3) is 0 Å². The predicted octanol–water partition coefficient (Wildman–Crippen LogP) is 0.340. The van der Waals surface area contributed by atoms with E-state index >= 15 is 0 Å². The van der Waals surface area contributed by atoms with E-state index in [4.69, 9.17) is 0 Å². The highest BCUT2D eigenvalue weighted by Crippen LogP contribution is 2.12. The predicted molar refractivity (Wildman–Crippen MR) is 75.2 cm³/mol. The maximum Gasteiger partial charge on any atom is 0.218 e. The van der Waals surface area contributed by atoms with Gasteiger partial charge in [0, 0.05) is 32.2 Å². The second-order valence-corrected chi connectivity index (χ2v) is 7.83. The molecule has 0 radical (unpaired) electrons. The van der Waals surface area contributed by atoms with Crippen molar-refractivity contribution in [2.75, 3.05) is 39.8 Å². The van der Waals surface area contributed by atoms with Gasteiger partial charge in [0.15, 0.2) is 0 Å². The molecule has 0 aromatic rings. The van der Waals surface area contributed by atoms with Crippen molar-refractivity contribution in [1.82, 2.24) is 14.5 Å². The van der Waals surface area contributed by atoms with Crippen molar-refractivity contribution in [3.8, 4) is 0 Å². The van der Waals surface area contributed by atoms with Crippen LogP contribution in [0.15, 0.2) is 0 Å². The third-order valence-corrected chi connectivity index (χ3v) is 5.63. The number of sulfonamides is 1. The first-order valence-corrected chi connectivity index (χ1v) is 8.25. The molecule has 1 rings (SSSR count). The van der Waals surface area contributed by atoms with Gasteiger partial charge in [-0.1, -0.05) is 13.8 Å². The standard InChI is InChI=1S/C12H27N3O2S/c1-11(2)13-10-12(3)18(16,17)15-7-5-6-14(4)8-9-15/h11-13H,5-10H2,1-4H3. The van der Waals surface area contributed by atoms with E-state index in [0.717, 1.165) is 19.5 Å². The van der Waals surface area contributed by atoms with Crippen molar-refractivity contribution in [3.63, 3.8) is 0 Å². The summed E-state index contributed by atoms with van der Waals surface area (Å²) in [6.45, 7) is 9.43. The zero-order valence-electron chi connectivity index (χ0n) is 12.0. The topological polar surface area (TPSA) is 52.7 Å². The largest absolute Gasteiger partial charge is 0.313 e. The number of rotatable bonds is 5. The van der Waals surface area contributed by atoms with E-state index in [1.807, 2.05) is 20.9 Å². The maximum absolute atomic E-state index is 12.4. The van der Waals surface area contributed by atoms with Gasteiger partial charge in [-0.05, 0) is 26.9 Å². The molecule has 1 saturated heterocycles. The summed E-state index contributed by atoms with van der Waals surface area (Å²) in [6, 6.07) is 0.318. The van der Waals surface area contributed by atoms with Gasteiger partial charge in [-0.25, -0.2) is 12.7 Å². The van der Waals surface area contributed by atoms with Crippen molar-refractivity contribution in [2.45, 2.75) is 38.5 Å². The first-order valence-electron chi connectivity index (χ1n) is 6.75. The Hall–Kier alpha value is -0.170. The summed E-state index contributed by atoms with van der Waals surface area (Å²) in [5, 5.41) is 2.84. The van der Waals surface area contributed by atoms with Crippen LogP contribution in [0, 0.1) is 0 Å². The van der Waals surface area contributed by atoms with Gasteiger partial charge in [-0.3, -0.25) is 0 Å². The van der Waals surface area contributed by atoms with Gasteiger partial charge in [0.1, 0.15) is 0 Å². The Morgan fingerprint density at radius 1 is 1.11 bits per heavy atom. The van der Waals surface area contributed by atoms with Gasteiger partial charge >= 0.3 is 0 Å². The van der Waals surface area contributed by atoms with E-state index in [2.05, 4.69) is 10.2 Å². The molecule has 0 saturated carbocycles. The Kier molecular flexibility index (Phi) is 6.04. The Morgan fingerprint density at radius 2 is 1.78 bits per heavy atom. The van der Waals surface area contributed by atoms with Gasteiger partial charge in [0.2, 0.25) is 10.0 Å². The molecular formula is C12H27N3O2S. The van der Waals surface area contributed by atoms with Crippen LogP contribution in [0.4, 0.5) is 0 Å². The summed E-state index contributed by atoms with van der Waals surface area (Å²) in [5.41, 5.74) is 0. The van der Waals surface area contributed by atoms with Crippen LogP contribution in [0.3, 0.4) is 0 Å². The molecule has 108 valence electrons. The molecule has 1 N–H and O–H groups in total. The van der Waals surface area contributed by atoms with Crippen LogP contribution in [-0.2, 0) is 10.0 Å². The number of hydrogen-bond acceptors (Lipinski definition) is 4. The van der Waals surface area contributed by atoms with Crippen molar-refractivity contribution in [1.29, 1.82) is 0 Å². The molecule has 0 spiro atoms. The molecule has 1 unspecified atom stereocenters. The number of nitrogens with one attached hydrogen (secondary N) is 1. The summed E-state index contributed by atoms with van der Waals surface area (Å²) in [7, 11) is -1.12. The SMILES string of the molecule is CC(C)NCC(C)S(=O)(=O)N1CCCN(C)CC1. The molecule has 1 fully saturated rings. The van der Waals surface area contributed by atoms with Crippen LogP contribution < -0.4 is 5.32 Å². The van der Waals surface area contributed by atoms with Crippen LogP contribution in [0.25, 0.3) is 0 Å². The highest BCUT2D eigenvalue weighted by molar-refractivity contribution is 7.89. The summed E-state index contributed by atoms with van der Waals surface area (Å²) in [6.07, 6.45) is 0.917. The van der Waals surface area contributed by atoms with Gasteiger partial charge in [0.05, 0.1) is 5.25 Å². The Bertz CT molecular complexity index is 343. The Morgan fingerprint density at radius 3 is 2.39 bits per heavy atom. The van der Waals surface area contributed by atoms with Gasteiger partial charge < -0.3 is 10.2 Å². The highest BCUT2D eigenvalue weighted by Gasteiger charge is 2.29. The maximum atomic E-state index is 12.4. The Labute approximate surface area is 112 Å². The van der Waals surface area contributed by atoms with Crippen LogP contribution in [0.1, 0.15) is 27.2 Å². The van der Waals surface area contributed by atoms with Crippen LogP contribution >= 0.6 is 0 Å². The monoisotopic (exact) mass is 277 g/mol. The minimum atomic E-state index is -3.16. The minimum absolute atomic E-state index is 0.318. The molecule has 1 atom stereocenters. The van der Waals surface area contributed by atoms with E-state index in [1.165, 1.54) is 0 Å². The number of likely N-dealkylation sites (N-methyl/N-ethyl adjacent to an activating group) is 1. The quantitative estimate of drug-likeness (QED) is 0.787. The third-order valence-electron chi connectivity index (χ3n) is 3.36. The minimum Gasteiger partial charge on any atom is -0.313 e. The number of hydrogen-bond donors (Lipinski definition) is 1. The molecule has 0 aromatic carbocycles. The highest BCUT2D eigenvalue weighted by atomic mass is 32.2. The summed E-state index contributed by atoms with van der Waals surface area (Å²) < 4.78 is 26.5. The van der Waals surface area contributed by atoms with Gasteiger partial charge in [-0.15, -0.1) is 0 Å². The van der Waals surface area contributed by atoms with E-state index in [9.17, 15) is 8.42 Å². The molecule has 18 heavy (non-hydrogen) atoms. The molecule has 1 aliphatic rings. The summed E-state index contributed by atoms with van der Waals surface area (Å²) in [5.74, 6) is 0. The molecule has 5 nitrogen and oxygen atoms in total. The normalized spacial score (nSPS) is 22.1. The van der Waals surface area contributed by atoms with Crippen LogP contribution in [0.2, 0.25) is 0 Å². The van der Waals surface area contributed by atoms with Gasteiger partial charge in [-0.2, -0.15) is 0 Å². The third kappa shape index (κ3) is 4.50. The lowest BCUT2D eigenvalue weighted by Crippen LogP contribution is -2.44. The average molecular weight is 277 g/mol. The lowest BCUT2D eigenvalue weighted by Gasteiger charge is -2.25. The molecule has 1 aliphatic heterocycles. The van der Waals surface area contributed by atoms with E-state index < -0.39 is 10.0 Å². The lowest BCUT2D eigenvalue weighted by atomic mass is 10.3. The fourth-order valence-corrected chi connectivity index (χ4v) is 3.57. The Balaban J connectivity index is 2.61. The van der Waals surface area contributed by atoms with E-state index in [1.54, 1.807) is 11.2 Å². The fourth-order valence-electron chi connectivity index (χ4n) is 2.04. The van der Waals surface area contributed by atoms with Crippen molar-refractivity contribution < 1.29 is 8.42 Å². The first-order chi connectivity index (χ1) is 8.34. The van der Waals surface area contributed by atoms with Crippen LogP contribution in [0.5, 0.6) is 0 Å². The van der Waals surface area contributed by atoms with Crippen molar-refractivity contribution in [3.05, 3.63) is 0 Å². The van der Waals surface area contributed by atoms with E-state index in [-0.39, 0.29) is 5.25 Å². The molecule has 0 bridgehead atoms. The lowest BCUT2D eigenvalue weighted by molar-refractivity contribution is 0.346. The number of nitrogens with zero attached hydrogens (tertiary/aromatic N) is 2. The fraction of sp³-hybridized carbons (Fsp3) is 1.00. The smallest absolute Gasteiger partial charge is 0.218 e. The average Bonchev–Trinajstić information content (AvgIpc) is 2.50. The molecule has 6 heteroatoms. The molecule has 1 heterocycles. The molecular weight excluding hydrogens is 250 g/mol. The second-order valence-electron chi connectivity index (χ2n) is 5.47. The molecule has 0 aliphatic carbocycles. The van der Waals surface area contributed by atoms with Crippen molar-refractivity contribution in [2.24, 2.45) is 0 Å². The molecule has 0 aromatic heterocycles. The van der Waals surface area contributed by atoms with Crippen LogP contribution in [-0.4, -0.2) is 68.7 Å². The zero-order valence-corrected chi connectivity index (χ0v) is 12.8. The van der Waals surface area contributed by atoms with Crippen molar-refractivity contribution >= 4 is 10.0 Å².